The Labute approximate surface area is 69.4 Å². The third kappa shape index (κ3) is 0.889. The molecule has 2 heterocycles. The lowest BCUT2D eigenvalue weighted by Gasteiger charge is -1.83. The molecule has 56 valence electrons. The standard InChI is InChI=1S/C4H2N4OS2/c9-3-1-2(8-11-7-1)4(10)6-5-3/h(H,5,9)(H,6,10). The van der Waals surface area contributed by atoms with Gasteiger partial charge in [0.25, 0.3) is 5.56 Å². The molecule has 0 saturated heterocycles. The van der Waals surface area contributed by atoms with Crippen LogP contribution in [0.5, 0.6) is 0 Å². The van der Waals surface area contributed by atoms with Gasteiger partial charge in [0.15, 0.2) is 5.52 Å². The van der Waals surface area contributed by atoms with Gasteiger partial charge in [-0.25, -0.2) is 0 Å². The molecule has 0 saturated carbocycles. The minimum absolute atomic E-state index is 0.289. The van der Waals surface area contributed by atoms with Gasteiger partial charge in [-0.15, -0.1) is 0 Å². The molecule has 2 rings (SSSR count). The van der Waals surface area contributed by atoms with Crippen LogP contribution in [0.25, 0.3) is 11.0 Å². The van der Waals surface area contributed by atoms with E-state index in [0.717, 1.165) is 11.7 Å². The second kappa shape index (κ2) is 2.21. The minimum atomic E-state index is -0.289. The molecule has 2 N–H and O–H groups in total. The van der Waals surface area contributed by atoms with Crippen molar-refractivity contribution in [2.75, 3.05) is 0 Å². The summed E-state index contributed by atoms with van der Waals surface area (Å²) in [5, 5.41) is 4.86. The van der Waals surface area contributed by atoms with Crippen molar-refractivity contribution in [3.63, 3.8) is 0 Å². The Morgan fingerprint density at radius 3 is 2.73 bits per heavy atom. The van der Waals surface area contributed by atoms with Gasteiger partial charge < -0.3 is 0 Å². The van der Waals surface area contributed by atoms with E-state index in [-0.39, 0.29) is 5.56 Å². The minimum Gasteiger partial charge on any atom is -0.286 e. The number of aromatic amines is 2. The predicted molar refractivity (Wildman–Crippen MR) is 43.2 cm³/mol. The van der Waals surface area contributed by atoms with Crippen molar-refractivity contribution >= 4 is 35.0 Å². The molecule has 0 aliphatic rings. The first-order valence-corrected chi connectivity index (χ1v) is 3.86. The topological polar surface area (TPSA) is 74.4 Å². The highest BCUT2D eigenvalue weighted by molar-refractivity contribution is 7.71. The predicted octanol–water partition coefficient (Wildman–Crippen LogP) is 0.437. The maximum Gasteiger partial charge on any atom is 0.291 e. The van der Waals surface area contributed by atoms with Crippen LogP contribution in [-0.4, -0.2) is 18.9 Å². The van der Waals surface area contributed by atoms with E-state index in [1.54, 1.807) is 0 Å². The lowest BCUT2D eigenvalue weighted by atomic mass is 10.5. The Balaban J connectivity index is 3.21. The number of hydrogen-bond acceptors (Lipinski definition) is 5. The van der Waals surface area contributed by atoms with Crippen LogP contribution in [0.1, 0.15) is 0 Å². The lowest BCUT2D eigenvalue weighted by Crippen LogP contribution is -2.07. The largest absolute Gasteiger partial charge is 0.291 e. The summed E-state index contributed by atoms with van der Waals surface area (Å²) in [4.78, 5) is 11.0. The van der Waals surface area contributed by atoms with Crippen molar-refractivity contribution < 1.29 is 0 Å². The van der Waals surface area contributed by atoms with Crippen molar-refractivity contribution in [3.05, 3.63) is 15.0 Å². The van der Waals surface area contributed by atoms with Crippen molar-refractivity contribution in [3.8, 4) is 0 Å². The number of aromatic nitrogens is 4. The van der Waals surface area contributed by atoms with Crippen LogP contribution >= 0.6 is 23.9 Å². The molecule has 0 aliphatic carbocycles. The number of nitrogens with one attached hydrogen (secondary N) is 2. The van der Waals surface area contributed by atoms with Crippen LogP contribution in [0.2, 0.25) is 0 Å². The molecule has 0 fully saturated rings. The third-order valence-corrected chi connectivity index (χ3v) is 2.03. The summed E-state index contributed by atoms with van der Waals surface area (Å²) in [6.07, 6.45) is 0. The van der Waals surface area contributed by atoms with Crippen LogP contribution in [0.3, 0.4) is 0 Å². The van der Waals surface area contributed by atoms with E-state index in [1.165, 1.54) is 0 Å². The van der Waals surface area contributed by atoms with Gasteiger partial charge in [-0.2, -0.15) is 8.75 Å². The Hall–Kier alpha value is -1.08. The second-order valence-electron chi connectivity index (χ2n) is 1.87. The zero-order chi connectivity index (χ0) is 7.84. The fourth-order valence-electron chi connectivity index (χ4n) is 0.718. The monoisotopic (exact) mass is 186 g/mol. The third-order valence-electron chi connectivity index (χ3n) is 1.21. The van der Waals surface area contributed by atoms with E-state index in [2.05, 4.69) is 18.9 Å². The van der Waals surface area contributed by atoms with E-state index < -0.39 is 0 Å². The number of fused-ring (bicyclic) bond motifs is 1. The normalized spacial score (nSPS) is 10.5. The van der Waals surface area contributed by atoms with Gasteiger partial charge in [0.05, 0.1) is 11.7 Å². The summed E-state index contributed by atoms with van der Waals surface area (Å²) in [6, 6.07) is 0. The van der Waals surface area contributed by atoms with Crippen molar-refractivity contribution in [2.45, 2.75) is 0 Å². The fourth-order valence-corrected chi connectivity index (χ4v) is 1.52. The maximum atomic E-state index is 11.0. The smallest absolute Gasteiger partial charge is 0.286 e. The Bertz CT molecular complexity index is 450. The summed E-state index contributed by atoms with van der Waals surface area (Å²) in [5.74, 6) is 0. The summed E-state index contributed by atoms with van der Waals surface area (Å²) in [5.41, 5.74) is 0.481. The highest BCUT2D eigenvalue weighted by atomic mass is 32.1. The van der Waals surface area contributed by atoms with Crippen LogP contribution in [0, 0.1) is 4.64 Å². The first-order valence-electron chi connectivity index (χ1n) is 2.72. The average molecular weight is 186 g/mol. The number of hydrogen-bond donors (Lipinski definition) is 2. The molecule has 0 amide bonds. The van der Waals surface area contributed by atoms with E-state index in [4.69, 9.17) is 12.2 Å². The van der Waals surface area contributed by atoms with E-state index in [0.29, 0.717) is 15.7 Å². The maximum absolute atomic E-state index is 11.0. The molecular weight excluding hydrogens is 184 g/mol. The molecule has 2 aromatic heterocycles. The highest BCUT2D eigenvalue weighted by Gasteiger charge is 2.02. The summed E-state index contributed by atoms with van der Waals surface area (Å²) in [6.45, 7) is 0. The molecule has 2 aromatic rings. The highest BCUT2D eigenvalue weighted by Crippen LogP contribution is 2.04. The van der Waals surface area contributed by atoms with Crippen molar-refractivity contribution in [2.24, 2.45) is 0 Å². The molecule has 0 bridgehead atoms. The lowest BCUT2D eigenvalue weighted by molar-refractivity contribution is 0.993. The number of rotatable bonds is 0. The van der Waals surface area contributed by atoms with Crippen LogP contribution < -0.4 is 5.56 Å². The van der Waals surface area contributed by atoms with Gasteiger partial charge >= 0.3 is 0 Å². The summed E-state index contributed by atoms with van der Waals surface area (Å²) < 4.78 is 8.04. The SMILES string of the molecule is O=c1[nH][nH]c(=S)c2nsnc12. The molecule has 0 spiro atoms. The Kier molecular flexibility index (Phi) is 1.33. The molecule has 11 heavy (non-hydrogen) atoms. The number of nitrogens with zero attached hydrogens (tertiary/aromatic N) is 2. The van der Waals surface area contributed by atoms with Crippen molar-refractivity contribution in [1.82, 2.24) is 18.9 Å². The molecular formula is C4H2N4OS2. The Morgan fingerprint density at radius 1 is 1.27 bits per heavy atom. The van der Waals surface area contributed by atoms with Gasteiger partial charge in [-0.05, 0) is 0 Å². The quantitative estimate of drug-likeness (QED) is 0.585. The van der Waals surface area contributed by atoms with E-state index >= 15 is 0 Å². The first-order chi connectivity index (χ1) is 5.29. The molecule has 0 atom stereocenters. The van der Waals surface area contributed by atoms with Gasteiger partial charge in [0.1, 0.15) is 10.2 Å². The van der Waals surface area contributed by atoms with Gasteiger partial charge in [0.2, 0.25) is 0 Å². The van der Waals surface area contributed by atoms with Gasteiger partial charge in [-0.1, -0.05) is 12.2 Å². The number of H-pyrrole nitrogens is 2. The second-order valence-corrected chi connectivity index (χ2v) is 2.81. The molecule has 7 heteroatoms. The van der Waals surface area contributed by atoms with E-state index in [1.807, 2.05) is 0 Å². The molecule has 5 nitrogen and oxygen atoms in total. The zero-order valence-corrected chi connectivity index (χ0v) is 6.75. The van der Waals surface area contributed by atoms with Gasteiger partial charge in [0, 0.05) is 0 Å². The first kappa shape index (κ1) is 6.62. The molecule has 0 radical (unpaired) electrons. The average Bonchev–Trinajstić information content (AvgIpc) is 2.45. The van der Waals surface area contributed by atoms with Crippen LogP contribution in [0.4, 0.5) is 0 Å². The Morgan fingerprint density at radius 2 is 2.00 bits per heavy atom. The molecule has 0 unspecified atom stereocenters. The van der Waals surface area contributed by atoms with E-state index in [9.17, 15) is 4.79 Å². The van der Waals surface area contributed by atoms with Crippen LogP contribution in [0.15, 0.2) is 4.79 Å². The zero-order valence-electron chi connectivity index (χ0n) is 5.12. The van der Waals surface area contributed by atoms with Crippen molar-refractivity contribution in [1.29, 1.82) is 0 Å². The molecule has 0 aliphatic heterocycles. The summed E-state index contributed by atoms with van der Waals surface area (Å²) >= 11 is 5.82. The fraction of sp³-hybridized carbons (Fsp3) is 0. The summed E-state index contributed by atoms with van der Waals surface area (Å²) in [7, 11) is 0. The van der Waals surface area contributed by atoms with Crippen LogP contribution in [-0.2, 0) is 0 Å². The van der Waals surface area contributed by atoms with Gasteiger partial charge in [-0.3, -0.25) is 15.0 Å². The molecule has 0 aromatic carbocycles.